The van der Waals surface area contributed by atoms with Gasteiger partial charge in [0, 0.05) is 6.04 Å². The average molecular weight is 207 g/mol. The van der Waals surface area contributed by atoms with Crippen LogP contribution in [0.5, 0.6) is 5.88 Å². The van der Waals surface area contributed by atoms with Crippen LogP contribution in [-0.4, -0.2) is 18.6 Å². The second-order valence-corrected chi connectivity index (χ2v) is 3.84. The smallest absolute Gasteiger partial charge is 0.237 e. The summed E-state index contributed by atoms with van der Waals surface area (Å²) in [6, 6.07) is 4.19. The molecule has 0 aromatic carbocycles. The molecule has 1 saturated heterocycles. The van der Waals surface area contributed by atoms with Crippen molar-refractivity contribution in [2.45, 2.75) is 25.3 Å². The summed E-state index contributed by atoms with van der Waals surface area (Å²) < 4.78 is 5.11. The summed E-state index contributed by atoms with van der Waals surface area (Å²) in [4.78, 5) is 4.40. The van der Waals surface area contributed by atoms with Gasteiger partial charge in [-0.25, -0.2) is 4.98 Å². The Hall–Kier alpha value is -1.29. The molecule has 0 radical (unpaired) electrons. The van der Waals surface area contributed by atoms with Gasteiger partial charge >= 0.3 is 0 Å². The molecule has 2 rings (SSSR count). The molecule has 1 aliphatic heterocycles. The maximum atomic E-state index is 5.72. The fourth-order valence-electron chi connectivity index (χ4n) is 1.93. The van der Waals surface area contributed by atoms with E-state index in [1.807, 2.05) is 12.1 Å². The number of aromatic nitrogens is 1. The van der Waals surface area contributed by atoms with Crippen LogP contribution >= 0.6 is 0 Å². The molecule has 0 amide bonds. The predicted molar refractivity (Wildman–Crippen MR) is 59.8 cm³/mol. The number of pyridine rings is 1. The van der Waals surface area contributed by atoms with E-state index in [2.05, 4.69) is 10.3 Å². The fourth-order valence-corrected chi connectivity index (χ4v) is 1.93. The van der Waals surface area contributed by atoms with Gasteiger partial charge in [-0.15, -0.1) is 0 Å². The SMILES string of the molecule is COc1nc(C2CCCCN2)ccc1N. The molecule has 0 bridgehead atoms. The van der Waals surface area contributed by atoms with E-state index < -0.39 is 0 Å². The molecule has 2 heterocycles. The molecule has 1 atom stereocenters. The Morgan fingerprint density at radius 2 is 2.33 bits per heavy atom. The second kappa shape index (κ2) is 4.49. The largest absolute Gasteiger partial charge is 0.480 e. The van der Waals surface area contributed by atoms with Gasteiger partial charge in [0.2, 0.25) is 5.88 Å². The van der Waals surface area contributed by atoms with Gasteiger partial charge in [0.1, 0.15) is 0 Å². The number of methoxy groups -OCH3 is 1. The van der Waals surface area contributed by atoms with Crippen molar-refractivity contribution >= 4 is 5.69 Å². The zero-order chi connectivity index (χ0) is 10.7. The third kappa shape index (κ3) is 2.21. The highest BCUT2D eigenvalue weighted by Gasteiger charge is 2.16. The quantitative estimate of drug-likeness (QED) is 0.771. The number of hydrogen-bond acceptors (Lipinski definition) is 4. The monoisotopic (exact) mass is 207 g/mol. The van der Waals surface area contributed by atoms with Gasteiger partial charge in [-0.1, -0.05) is 6.42 Å². The van der Waals surface area contributed by atoms with E-state index in [0.29, 0.717) is 17.6 Å². The zero-order valence-corrected chi connectivity index (χ0v) is 8.99. The number of nitrogens with two attached hydrogens (primary N) is 1. The maximum absolute atomic E-state index is 5.72. The Morgan fingerprint density at radius 3 is 3.00 bits per heavy atom. The van der Waals surface area contributed by atoms with Crippen LogP contribution in [0.2, 0.25) is 0 Å². The van der Waals surface area contributed by atoms with Crippen LogP contribution in [-0.2, 0) is 0 Å². The summed E-state index contributed by atoms with van der Waals surface area (Å²) in [5.74, 6) is 0.528. The van der Waals surface area contributed by atoms with Crippen molar-refractivity contribution in [3.8, 4) is 5.88 Å². The highest BCUT2D eigenvalue weighted by Crippen LogP contribution is 2.25. The van der Waals surface area contributed by atoms with Crippen LogP contribution in [0.25, 0.3) is 0 Å². The van der Waals surface area contributed by atoms with Crippen molar-refractivity contribution in [1.82, 2.24) is 10.3 Å². The van der Waals surface area contributed by atoms with Gasteiger partial charge in [-0.3, -0.25) is 0 Å². The van der Waals surface area contributed by atoms with Gasteiger partial charge in [-0.2, -0.15) is 0 Å². The molecule has 1 aliphatic rings. The van der Waals surface area contributed by atoms with E-state index in [1.54, 1.807) is 7.11 Å². The van der Waals surface area contributed by atoms with Crippen molar-refractivity contribution in [3.63, 3.8) is 0 Å². The van der Waals surface area contributed by atoms with Crippen LogP contribution < -0.4 is 15.8 Å². The molecule has 82 valence electrons. The Morgan fingerprint density at radius 1 is 1.47 bits per heavy atom. The van der Waals surface area contributed by atoms with Crippen LogP contribution in [0.1, 0.15) is 31.0 Å². The molecule has 1 fully saturated rings. The van der Waals surface area contributed by atoms with Gasteiger partial charge in [0.15, 0.2) is 0 Å². The number of anilines is 1. The molecular formula is C11H17N3O. The van der Waals surface area contributed by atoms with Crippen LogP contribution in [0, 0.1) is 0 Å². The Balaban J connectivity index is 2.20. The van der Waals surface area contributed by atoms with Crippen molar-refractivity contribution in [3.05, 3.63) is 17.8 Å². The lowest BCUT2D eigenvalue weighted by Gasteiger charge is -2.23. The van der Waals surface area contributed by atoms with E-state index in [1.165, 1.54) is 12.8 Å². The molecule has 1 aromatic heterocycles. The number of ether oxygens (including phenoxy) is 1. The van der Waals surface area contributed by atoms with Crippen LogP contribution in [0.3, 0.4) is 0 Å². The van der Waals surface area contributed by atoms with E-state index in [4.69, 9.17) is 10.5 Å². The van der Waals surface area contributed by atoms with Gasteiger partial charge in [-0.05, 0) is 31.5 Å². The number of piperidine rings is 1. The fraction of sp³-hybridized carbons (Fsp3) is 0.545. The summed E-state index contributed by atoms with van der Waals surface area (Å²) in [5, 5.41) is 3.45. The molecule has 4 nitrogen and oxygen atoms in total. The highest BCUT2D eigenvalue weighted by atomic mass is 16.5. The van der Waals surface area contributed by atoms with Crippen LogP contribution in [0.15, 0.2) is 12.1 Å². The topological polar surface area (TPSA) is 60.2 Å². The summed E-state index contributed by atoms with van der Waals surface area (Å²) in [6.07, 6.45) is 3.65. The van der Waals surface area contributed by atoms with Crippen LogP contribution in [0.4, 0.5) is 5.69 Å². The minimum atomic E-state index is 0.355. The maximum Gasteiger partial charge on any atom is 0.237 e. The minimum Gasteiger partial charge on any atom is -0.480 e. The van der Waals surface area contributed by atoms with Gasteiger partial charge in [0.05, 0.1) is 18.5 Å². The Labute approximate surface area is 89.8 Å². The molecule has 0 spiro atoms. The number of rotatable bonds is 2. The predicted octanol–water partition coefficient (Wildman–Crippen LogP) is 1.49. The first-order valence-corrected chi connectivity index (χ1v) is 5.35. The molecule has 0 aliphatic carbocycles. The normalized spacial score (nSPS) is 21.3. The molecule has 3 N–H and O–H groups in total. The van der Waals surface area contributed by atoms with Crippen molar-refractivity contribution in [1.29, 1.82) is 0 Å². The van der Waals surface area contributed by atoms with Gasteiger partial charge in [0.25, 0.3) is 0 Å². The lowest BCUT2D eigenvalue weighted by atomic mass is 10.0. The molecule has 15 heavy (non-hydrogen) atoms. The first-order valence-electron chi connectivity index (χ1n) is 5.35. The van der Waals surface area contributed by atoms with Gasteiger partial charge < -0.3 is 15.8 Å². The number of nitrogens with zero attached hydrogens (tertiary/aromatic N) is 1. The lowest BCUT2D eigenvalue weighted by Crippen LogP contribution is -2.27. The molecule has 0 saturated carbocycles. The molecule has 1 aromatic rings. The molecule has 1 unspecified atom stereocenters. The summed E-state index contributed by atoms with van der Waals surface area (Å²) in [5.41, 5.74) is 7.34. The molecule has 4 heteroatoms. The van der Waals surface area contributed by atoms with Crippen molar-refractivity contribution in [2.24, 2.45) is 0 Å². The summed E-state index contributed by atoms with van der Waals surface area (Å²) in [6.45, 7) is 1.07. The standard InChI is InChI=1S/C11H17N3O/c1-15-11-8(12)5-6-10(14-11)9-4-2-3-7-13-9/h5-6,9,13H,2-4,7,12H2,1H3. The third-order valence-electron chi connectivity index (χ3n) is 2.77. The molecular weight excluding hydrogens is 190 g/mol. The highest BCUT2D eigenvalue weighted by molar-refractivity contribution is 5.48. The number of nitrogen functional groups attached to an aromatic ring is 1. The number of nitrogens with one attached hydrogen (secondary N) is 1. The zero-order valence-electron chi connectivity index (χ0n) is 8.99. The van der Waals surface area contributed by atoms with Crippen molar-refractivity contribution < 1.29 is 4.74 Å². The first kappa shape index (κ1) is 10.2. The second-order valence-electron chi connectivity index (χ2n) is 3.84. The number of hydrogen-bond donors (Lipinski definition) is 2. The summed E-state index contributed by atoms with van der Waals surface area (Å²) in [7, 11) is 1.59. The van der Waals surface area contributed by atoms with E-state index in [9.17, 15) is 0 Å². The van der Waals surface area contributed by atoms with Crippen molar-refractivity contribution in [2.75, 3.05) is 19.4 Å². The average Bonchev–Trinajstić information content (AvgIpc) is 2.31. The summed E-state index contributed by atoms with van der Waals surface area (Å²) >= 11 is 0. The minimum absolute atomic E-state index is 0.355. The third-order valence-corrected chi connectivity index (χ3v) is 2.77. The lowest BCUT2D eigenvalue weighted by molar-refractivity contribution is 0.380. The van der Waals surface area contributed by atoms with E-state index >= 15 is 0 Å². The Kier molecular flexibility index (Phi) is 3.06. The van der Waals surface area contributed by atoms with E-state index in [0.717, 1.165) is 18.7 Å². The first-order chi connectivity index (χ1) is 7.31. The van der Waals surface area contributed by atoms with E-state index in [-0.39, 0.29) is 0 Å². The Bertz CT molecular complexity index is 335.